The molecule has 0 saturated heterocycles. The molecular formula is C22H26N2O5S. The number of nitrogens with one attached hydrogen (secondary N) is 2. The van der Waals surface area contributed by atoms with Crippen LogP contribution >= 0.6 is 11.3 Å². The van der Waals surface area contributed by atoms with E-state index < -0.39 is 12.1 Å². The Balaban J connectivity index is 1.66. The quantitative estimate of drug-likeness (QED) is 0.726. The smallest absolute Gasteiger partial charge is 0.341 e. The first kappa shape index (κ1) is 20.7. The highest BCUT2D eigenvalue weighted by Crippen LogP contribution is 2.45. The van der Waals surface area contributed by atoms with Crippen molar-refractivity contribution in [1.82, 2.24) is 5.32 Å². The van der Waals surface area contributed by atoms with Crippen molar-refractivity contribution in [3.8, 4) is 11.5 Å². The van der Waals surface area contributed by atoms with Crippen LogP contribution in [-0.4, -0.2) is 37.2 Å². The molecule has 4 rings (SSSR count). The predicted molar refractivity (Wildman–Crippen MR) is 115 cm³/mol. The van der Waals surface area contributed by atoms with Crippen molar-refractivity contribution in [2.45, 2.75) is 51.3 Å². The van der Waals surface area contributed by atoms with Gasteiger partial charge in [-0.1, -0.05) is 12.1 Å². The van der Waals surface area contributed by atoms with Crippen molar-refractivity contribution >= 4 is 28.2 Å². The van der Waals surface area contributed by atoms with Gasteiger partial charge in [-0.05, 0) is 51.8 Å². The molecule has 2 aliphatic rings. The van der Waals surface area contributed by atoms with Crippen molar-refractivity contribution in [2.75, 3.05) is 19.0 Å². The van der Waals surface area contributed by atoms with Gasteiger partial charge in [0.05, 0.1) is 12.7 Å². The number of carbonyl (C=O) groups is 2. The van der Waals surface area contributed by atoms with Crippen LogP contribution in [0.4, 0.5) is 5.00 Å². The number of esters is 1. The molecule has 1 atom stereocenters. The first-order chi connectivity index (χ1) is 14.1. The lowest BCUT2D eigenvalue weighted by atomic mass is 9.81. The standard InChI is InChI=1S/C22H26N2O5S/c1-21(2)10-12-16(20(26)27-5)19(30-17(12)22(3,4)24-21)23-18(25)15-11-28-13-8-6-7-9-14(13)29-15/h6-9,15,24H,10-11H2,1-5H3,(H,23,25). The minimum Gasteiger partial charge on any atom is -0.485 e. The lowest BCUT2D eigenvalue weighted by molar-refractivity contribution is -0.125. The average Bonchev–Trinajstić information content (AvgIpc) is 3.04. The van der Waals surface area contributed by atoms with E-state index in [1.54, 1.807) is 12.1 Å². The molecule has 1 aromatic heterocycles. The number of para-hydroxylation sites is 2. The maximum Gasteiger partial charge on any atom is 0.341 e. The van der Waals surface area contributed by atoms with Gasteiger partial charge in [0.2, 0.25) is 6.10 Å². The van der Waals surface area contributed by atoms with E-state index in [0.717, 1.165) is 10.4 Å². The van der Waals surface area contributed by atoms with Gasteiger partial charge >= 0.3 is 5.97 Å². The topological polar surface area (TPSA) is 85.9 Å². The molecule has 0 radical (unpaired) electrons. The molecule has 30 heavy (non-hydrogen) atoms. The first-order valence-electron chi connectivity index (χ1n) is 9.84. The van der Waals surface area contributed by atoms with E-state index >= 15 is 0 Å². The molecule has 0 aliphatic carbocycles. The molecule has 2 aliphatic heterocycles. The third kappa shape index (κ3) is 3.65. The number of benzene rings is 1. The fourth-order valence-electron chi connectivity index (χ4n) is 4.27. The summed E-state index contributed by atoms with van der Waals surface area (Å²) in [5.41, 5.74) is 0.787. The molecule has 0 fully saturated rings. The number of fused-ring (bicyclic) bond motifs is 2. The summed E-state index contributed by atoms with van der Waals surface area (Å²) in [6, 6.07) is 7.22. The number of amides is 1. The van der Waals surface area contributed by atoms with Gasteiger partial charge in [-0.15, -0.1) is 11.3 Å². The second kappa shape index (κ2) is 7.28. The van der Waals surface area contributed by atoms with Crippen LogP contribution in [0.25, 0.3) is 0 Å². The normalized spacial score (nSPS) is 20.8. The highest BCUT2D eigenvalue weighted by Gasteiger charge is 2.42. The maximum atomic E-state index is 13.0. The Labute approximate surface area is 179 Å². The summed E-state index contributed by atoms with van der Waals surface area (Å²) in [7, 11) is 1.35. The second-order valence-electron chi connectivity index (χ2n) is 8.77. The molecule has 160 valence electrons. The lowest BCUT2D eigenvalue weighted by Gasteiger charge is -2.42. The van der Waals surface area contributed by atoms with E-state index in [1.807, 2.05) is 12.1 Å². The third-order valence-electron chi connectivity index (χ3n) is 5.27. The average molecular weight is 431 g/mol. The summed E-state index contributed by atoms with van der Waals surface area (Å²) in [6.45, 7) is 8.44. The molecule has 3 heterocycles. The van der Waals surface area contributed by atoms with Crippen LogP contribution in [-0.2, 0) is 21.5 Å². The molecule has 8 heteroatoms. The van der Waals surface area contributed by atoms with Crippen LogP contribution in [0.2, 0.25) is 0 Å². The molecular weight excluding hydrogens is 404 g/mol. The van der Waals surface area contributed by atoms with Gasteiger partial charge in [0.15, 0.2) is 11.5 Å². The summed E-state index contributed by atoms with van der Waals surface area (Å²) >= 11 is 1.40. The fourth-order valence-corrected chi connectivity index (χ4v) is 5.54. The van der Waals surface area contributed by atoms with Crippen molar-refractivity contribution in [3.63, 3.8) is 0 Å². The minimum absolute atomic E-state index is 0.0988. The zero-order valence-electron chi connectivity index (χ0n) is 17.8. The third-order valence-corrected chi connectivity index (χ3v) is 6.74. The molecule has 0 saturated carbocycles. The summed E-state index contributed by atoms with van der Waals surface area (Å²) in [4.78, 5) is 26.6. The van der Waals surface area contributed by atoms with Crippen molar-refractivity contribution < 1.29 is 23.8 Å². The Morgan fingerprint density at radius 2 is 1.90 bits per heavy atom. The number of anilines is 1. The lowest BCUT2D eigenvalue weighted by Crippen LogP contribution is -2.55. The SMILES string of the molecule is COC(=O)c1c(NC(=O)C2COc3ccccc3O2)sc2c1CC(C)(C)NC2(C)C. The minimum atomic E-state index is -0.813. The van der Waals surface area contributed by atoms with Crippen molar-refractivity contribution in [3.05, 3.63) is 40.3 Å². The highest BCUT2D eigenvalue weighted by atomic mass is 32.1. The summed E-state index contributed by atoms with van der Waals surface area (Å²) in [6.07, 6.45) is -0.161. The monoisotopic (exact) mass is 430 g/mol. The van der Waals surface area contributed by atoms with Gasteiger partial charge in [0.25, 0.3) is 5.91 Å². The van der Waals surface area contributed by atoms with Gasteiger partial charge in [-0.3, -0.25) is 4.79 Å². The van der Waals surface area contributed by atoms with E-state index in [1.165, 1.54) is 18.4 Å². The number of carbonyl (C=O) groups excluding carboxylic acids is 2. The van der Waals surface area contributed by atoms with E-state index in [0.29, 0.717) is 28.5 Å². The van der Waals surface area contributed by atoms with Crippen LogP contribution in [0.3, 0.4) is 0 Å². The number of methoxy groups -OCH3 is 1. The maximum absolute atomic E-state index is 13.0. The molecule has 1 unspecified atom stereocenters. The highest BCUT2D eigenvalue weighted by molar-refractivity contribution is 7.17. The van der Waals surface area contributed by atoms with Crippen LogP contribution in [0, 0.1) is 0 Å². The number of hydrogen-bond donors (Lipinski definition) is 2. The second-order valence-corrected chi connectivity index (χ2v) is 9.79. The molecule has 2 N–H and O–H groups in total. The van der Waals surface area contributed by atoms with E-state index in [-0.39, 0.29) is 23.6 Å². The zero-order chi connectivity index (χ0) is 21.7. The molecule has 2 aromatic rings. The Hall–Kier alpha value is -2.58. The van der Waals surface area contributed by atoms with Gasteiger partial charge in [0.1, 0.15) is 11.6 Å². The van der Waals surface area contributed by atoms with Crippen molar-refractivity contribution in [1.29, 1.82) is 0 Å². The number of hydrogen-bond acceptors (Lipinski definition) is 7. The van der Waals surface area contributed by atoms with Crippen LogP contribution < -0.4 is 20.1 Å². The molecule has 0 spiro atoms. The first-order valence-corrected chi connectivity index (χ1v) is 10.7. The Bertz CT molecular complexity index is 1010. The Kier molecular flexibility index (Phi) is 5.02. The van der Waals surface area contributed by atoms with Crippen molar-refractivity contribution in [2.24, 2.45) is 0 Å². The Morgan fingerprint density at radius 3 is 2.60 bits per heavy atom. The van der Waals surface area contributed by atoms with Crippen LogP contribution in [0.1, 0.15) is 48.5 Å². The Morgan fingerprint density at radius 1 is 1.20 bits per heavy atom. The van der Waals surface area contributed by atoms with E-state index in [9.17, 15) is 9.59 Å². The van der Waals surface area contributed by atoms with Gasteiger partial charge in [-0.2, -0.15) is 0 Å². The number of thiophene rings is 1. The fraction of sp³-hybridized carbons (Fsp3) is 0.455. The predicted octanol–water partition coefficient (Wildman–Crippen LogP) is 3.47. The number of ether oxygens (including phenoxy) is 3. The molecule has 7 nitrogen and oxygen atoms in total. The molecule has 0 bridgehead atoms. The van der Waals surface area contributed by atoms with Crippen LogP contribution in [0.5, 0.6) is 11.5 Å². The van der Waals surface area contributed by atoms with E-state index in [2.05, 4.69) is 38.3 Å². The summed E-state index contributed by atoms with van der Waals surface area (Å²) in [5.74, 6) is 0.314. The van der Waals surface area contributed by atoms with Gasteiger partial charge < -0.3 is 24.8 Å². The molecule has 1 amide bonds. The van der Waals surface area contributed by atoms with E-state index in [4.69, 9.17) is 14.2 Å². The van der Waals surface area contributed by atoms with Crippen LogP contribution in [0.15, 0.2) is 24.3 Å². The largest absolute Gasteiger partial charge is 0.485 e. The molecule has 1 aromatic carbocycles. The van der Waals surface area contributed by atoms with Gasteiger partial charge in [0, 0.05) is 16.0 Å². The van der Waals surface area contributed by atoms with Gasteiger partial charge in [-0.25, -0.2) is 4.79 Å². The summed E-state index contributed by atoms with van der Waals surface area (Å²) in [5, 5.41) is 6.99. The number of rotatable bonds is 3. The summed E-state index contributed by atoms with van der Waals surface area (Å²) < 4.78 is 16.5. The zero-order valence-corrected chi connectivity index (χ0v) is 18.6.